The van der Waals surface area contributed by atoms with Gasteiger partial charge in [0.05, 0.1) is 5.69 Å². The number of benzene rings is 3. The van der Waals surface area contributed by atoms with Gasteiger partial charge in [0, 0.05) is 29.1 Å². The van der Waals surface area contributed by atoms with Crippen molar-refractivity contribution in [2.75, 3.05) is 10.6 Å². The monoisotopic (exact) mass is 535 g/mol. The molecule has 3 aromatic heterocycles. The van der Waals surface area contributed by atoms with E-state index >= 15 is 0 Å². The van der Waals surface area contributed by atoms with E-state index in [0.29, 0.717) is 5.82 Å². The van der Waals surface area contributed by atoms with Crippen LogP contribution < -0.4 is 10.6 Å². The van der Waals surface area contributed by atoms with Crippen LogP contribution in [-0.2, 0) is 5.41 Å². The Balaban J connectivity index is 0.000000423. The minimum atomic E-state index is -0.112. The molecule has 6 rings (SSSR count). The van der Waals surface area contributed by atoms with Crippen LogP contribution in [0.4, 0.5) is 23.1 Å². The van der Waals surface area contributed by atoms with E-state index < -0.39 is 0 Å². The van der Waals surface area contributed by atoms with Gasteiger partial charge in [-0.25, -0.2) is 15.0 Å². The highest BCUT2D eigenvalue weighted by Crippen LogP contribution is 2.35. The fourth-order valence-electron chi connectivity index (χ4n) is 4.62. The standard InChI is InChI=1S/C31H27N3.C5H6N2/c1-31(2,25-14-5-3-6-15-25)26-16-11-13-24(23-26)28-19-12-21-30(33-28)34(27-17-7-4-8-18-27)29-20-9-10-22-32-29;6-5-3-1-2-4-7-5/h3-23H,1-2H3;1-4H,(H2,6,7). The van der Waals surface area contributed by atoms with E-state index in [0.717, 1.165) is 28.6 Å². The minimum absolute atomic E-state index is 0.112. The van der Waals surface area contributed by atoms with Crippen molar-refractivity contribution in [1.82, 2.24) is 15.0 Å². The Kier molecular flexibility index (Phi) is 8.46. The molecule has 5 heteroatoms. The molecule has 2 N–H and O–H groups in total. The van der Waals surface area contributed by atoms with E-state index in [2.05, 4.69) is 108 Å². The van der Waals surface area contributed by atoms with Crippen LogP contribution >= 0.6 is 0 Å². The third-order valence-electron chi connectivity index (χ3n) is 6.92. The topological polar surface area (TPSA) is 67.9 Å². The Morgan fingerprint density at radius 3 is 1.80 bits per heavy atom. The largest absolute Gasteiger partial charge is 0.384 e. The second kappa shape index (κ2) is 12.7. The van der Waals surface area contributed by atoms with Crippen molar-refractivity contribution < 1.29 is 0 Å². The molecule has 0 aliphatic carbocycles. The highest BCUT2D eigenvalue weighted by atomic mass is 15.2. The van der Waals surface area contributed by atoms with E-state index in [1.54, 1.807) is 12.3 Å². The molecule has 0 unspecified atom stereocenters. The van der Waals surface area contributed by atoms with Crippen molar-refractivity contribution in [3.8, 4) is 11.3 Å². The first-order valence-electron chi connectivity index (χ1n) is 13.6. The quantitative estimate of drug-likeness (QED) is 0.231. The number of nitrogens with zero attached hydrogens (tertiary/aromatic N) is 4. The summed E-state index contributed by atoms with van der Waals surface area (Å²) in [6.45, 7) is 4.53. The first kappa shape index (κ1) is 27.3. The molecule has 202 valence electrons. The maximum atomic E-state index is 5.25. The highest BCUT2D eigenvalue weighted by Gasteiger charge is 2.23. The lowest BCUT2D eigenvalue weighted by molar-refractivity contribution is 0.641. The lowest BCUT2D eigenvalue weighted by atomic mass is 9.77. The number of rotatable bonds is 6. The maximum Gasteiger partial charge on any atom is 0.139 e. The molecule has 0 bridgehead atoms. The molecular formula is C36H33N5. The smallest absolute Gasteiger partial charge is 0.139 e. The lowest BCUT2D eigenvalue weighted by Gasteiger charge is -2.27. The van der Waals surface area contributed by atoms with Crippen molar-refractivity contribution in [2.45, 2.75) is 19.3 Å². The SMILES string of the molecule is CC(C)(c1ccccc1)c1cccc(-c2cccc(N(c3ccccc3)c3ccccn3)n2)c1.Nc1ccccn1. The number of anilines is 4. The molecular weight excluding hydrogens is 502 g/mol. The number of hydrogen-bond acceptors (Lipinski definition) is 5. The van der Waals surface area contributed by atoms with Crippen molar-refractivity contribution in [3.05, 3.63) is 163 Å². The van der Waals surface area contributed by atoms with Crippen molar-refractivity contribution in [2.24, 2.45) is 0 Å². The Hall–Kier alpha value is -5.29. The zero-order valence-corrected chi connectivity index (χ0v) is 23.3. The number of para-hydroxylation sites is 1. The second-order valence-electron chi connectivity index (χ2n) is 10.1. The van der Waals surface area contributed by atoms with Gasteiger partial charge in [0.15, 0.2) is 0 Å². The van der Waals surface area contributed by atoms with Crippen LogP contribution in [0.25, 0.3) is 11.3 Å². The second-order valence-corrected chi connectivity index (χ2v) is 10.1. The number of nitrogens with two attached hydrogens (primary N) is 1. The number of hydrogen-bond donors (Lipinski definition) is 1. The molecule has 0 spiro atoms. The van der Waals surface area contributed by atoms with Gasteiger partial charge < -0.3 is 5.73 Å². The minimum Gasteiger partial charge on any atom is -0.384 e. The highest BCUT2D eigenvalue weighted by molar-refractivity contribution is 5.74. The average molecular weight is 536 g/mol. The molecule has 0 atom stereocenters. The summed E-state index contributed by atoms with van der Waals surface area (Å²) in [4.78, 5) is 15.5. The Morgan fingerprint density at radius 1 is 0.561 bits per heavy atom. The summed E-state index contributed by atoms with van der Waals surface area (Å²) < 4.78 is 0. The molecule has 0 amide bonds. The molecule has 6 aromatic rings. The van der Waals surface area contributed by atoms with Crippen LogP contribution in [0.3, 0.4) is 0 Å². The Bertz CT molecular complexity index is 1620. The van der Waals surface area contributed by atoms with Crippen molar-refractivity contribution >= 4 is 23.1 Å². The van der Waals surface area contributed by atoms with Gasteiger partial charge in [0.25, 0.3) is 0 Å². The zero-order chi connectivity index (χ0) is 28.5. The van der Waals surface area contributed by atoms with Gasteiger partial charge in [-0.3, -0.25) is 4.90 Å². The summed E-state index contributed by atoms with van der Waals surface area (Å²) in [5.74, 6) is 2.23. The van der Waals surface area contributed by atoms with Gasteiger partial charge in [-0.15, -0.1) is 0 Å². The fraction of sp³-hybridized carbons (Fsp3) is 0.0833. The molecule has 0 saturated carbocycles. The van der Waals surface area contributed by atoms with Crippen molar-refractivity contribution in [1.29, 1.82) is 0 Å². The van der Waals surface area contributed by atoms with Crippen LogP contribution in [-0.4, -0.2) is 15.0 Å². The van der Waals surface area contributed by atoms with Crippen molar-refractivity contribution in [3.63, 3.8) is 0 Å². The van der Waals surface area contributed by atoms with Crippen LogP contribution in [0.2, 0.25) is 0 Å². The number of nitrogen functional groups attached to an aromatic ring is 1. The summed E-state index contributed by atoms with van der Waals surface area (Å²) >= 11 is 0. The molecule has 5 nitrogen and oxygen atoms in total. The Labute approximate surface area is 242 Å². The molecule has 3 aromatic carbocycles. The summed E-state index contributed by atoms with van der Waals surface area (Å²) in [6.07, 6.45) is 3.47. The molecule has 3 heterocycles. The summed E-state index contributed by atoms with van der Waals surface area (Å²) in [5, 5.41) is 0. The van der Waals surface area contributed by atoms with Gasteiger partial charge in [0.1, 0.15) is 17.5 Å². The number of pyridine rings is 3. The predicted octanol–water partition coefficient (Wildman–Crippen LogP) is 8.60. The first-order chi connectivity index (χ1) is 20.0. The summed E-state index contributed by atoms with van der Waals surface area (Å²) in [5.41, 5.74) is 10.7. The van der Waals surface area contributed by atoms with E-state index in [9.17, 15) is 0 Å². The van der Waals surface area contributed by atoms with E-state index in [1.807, 2.05) is 60.8 Å². The van der Waals surface area contributed by atoms with E-state index in [1.165, 1.54) is 11.1 Å². The zero-order valence-electron chi connectivity index (χ0n) is 23.3. The van der Waals surface area contributed by atoms with Gasteiger partial charge >= 0.3 is 0 Å². The fourth-order valence-corrected chi connectivity index (χ4v) is 4.62. The lowest BCUT2D eigenvalue weighted by Crippen LogP contribution is -2.18. The molecule has 0 radical (unpaired) electrons. The third kappa shape index (κ3) is 6.65. The first-order valence-corrected chi connectivity index (χ1v) is 13.6. The van der Waals surface area contributed by atoms with Gasteiger partial charge in [-0.05, 0) is 65.7 Å². The Morgan fingerprint density at radius 2 is 1.17 bits per heavy atom. The molecule has 0 saturated heterocycles. The maximum absolute atomic E-state index is 5.25. The molecule has 41 heavy (non-hydrogen) atoms. The van der Waals surface area contributed by atoms with Gasteiger partial charge in [0.2, 0.25) is 0 Å². The van der Waals surface area contributed by atoms with Gasteiger partial charge in [-0.2, -0.15) is 0 Å². The van der Waals surface area contributed by atoms with E-state index in [-0.39, 0.29) is 5.41 Å². The predicted molar refractivity (Wildman–Crippen MR) is 169 cm³/mol. The van der Waals surface area contributed by atoms with Crippen LogP contribution in [0.5, 0.6) is 0 Å². The third-order valence-corrected chi connectivity index (χ3v) is 6.92. The van der Waals surface area contributed by atoms with Gasteiger partial charge in [-0.1, -0.05) is 98.8 Å². The summed E-state index contributed by atoms with van der Waals surface area (Å²) in [7, 11) is 0. The summed E-state index contributed by atoms with van der Waals surface area (Å²) in [6, 6.07) is 47.1. The number of aromatic nitrogens is 3. The van der Waals surface area contributed by atoms with E-state index in [4.69, 9.17) is 10.7 Å². The molecule has 0 fully saturated rings. The normalized spacial score (nSPS) is 10.8. The van der Waals surface area contributed by atoms with Crippen LogP contribution in [0.15, 0.2) is 152 Å². The van der Waals surface area contributed by atoms with Crippen LogP contribution in [0.1, 0.15) is 25.0 Å². The molecule has 0 aliphatic rings. The molecule has 0 aliphatic heterocycles. The van der Waals surface area contributed by atoms with Crippen LogP contribution in [0, 0.1) is 0 Å². The average Bonchev–Trinajstić information content (AvgIpc) is 3.04.